The van der Waals surface area contributed by atoms with Gasteiger partial charge in [0.05, 0.1) is 6.04 Å². The summed E-state index contributed by atoms with van der Waals surface area (Å²) in [5, 5.41) is 1.00. The highest BCUT2D eigenvalue weighted by Crippen LogP contribution is 2.40. The van der Waals surface area contributed by atoms with Gasteiger partial charge in [-0.3, -0.25) is 0 Å². The topological polar surface area (TPSA) is 47.5 Å². The lowest BCUT2D eigenvalue weighted by Crippen LogP contribution is -2.22. The average Bonchev–Trinajstić information content (AvgIpc) is 3.18. The van der Waals surface area contributed by atoms with Crippen LogP contribution >= 0.6 is 11.5 Å². The van der Waals surface area contributed by atoms with Gasteiger partial charge in [0.15, 0.2) is 11.5 Å². The molecule has 0 aliphatic carbocycles. The molecule has 0 saturated carbocycles. The van der Waals surface area contributed by atoms with E-state index in [4.69, 9.17) is 9.47 Å². The number of ether oxygens (including phenoxy) is 2. The predicted molar refractivity (Wildman–Crippen MR) is 71.8 cm³/mol. The maximum absolute atomic E-state index is 5.46. The molecule has 1 atom stereocenters. The van der Waals surface area contributed by atoms with Crippen LogP contribution in [0.15, 0.2) is 24.5 Å². The van der Waals surface area contributed by atoms with Crippen LogP contribution in [-0.4, -0.2) is 22.7 Å². The molecule has 0 bridgehead atoms. The number of benzene rings is 1. The van der Waals surface area contributed by atoms with E-state index in [9.17, 15) is 0 Å². The molecule has 4 rings (SSSR count). The van der Waals surface area contributed by atoms with Crippen molar-refractivity contribution in [3.8, 4) is 11.5 Å². The highest BCUT2D eigenvalue weighted by Gasteiger charge is 2.29. The Hall–Kier alpha value is -1.82. The Labute approximate surface area is 115 Å². The Kier molecular flexibility index (Phi) is 2.55. The largest absolute Gasteiger partial charge is 0.454 e. The quantitative estimate of drug-likeness (QED) is 0.843. The van der Waals surface area contributed by atoms with Crippen molar-refractivity contribution in [2.45, 2.75) is 18.9 Å². The Bertz CT molecular complexity index is 588. The fourth-order valence-electron chi connectivity index (χ4n) is 2.76. The monoisotopic (exact) mass is 275 g/mol. The van der Waals surface area contributed by atoms with Crippen LogP contribution in [0.1, 0.15) is 24.4 Å². The summed E-state index contributed by atoms with van der Waals surface area (Å²) in [4.78, 5) is 6.65. The summed E-state index contributed by atoms with van der Waals surface area (Å²) in [6.07, 6.45) is 3.94. The van der Waals surface area contributed by atoms with E-state index in [0.717, 1.165) is 29.6 Å². The van der Waals surface area contributed by atoms with Gasteiger partial charge in [-0.1, -0.05) is 6.07 Å². The van der Waals surface area contributed by atoms with Crippen LogP contribution in [-0.2, 0) is 0 Å². The molecule has 0 amide bonds. The summed E-state index contributed by atoms with van der Waals surface area (Å²) >= 11 is 1.45. The highest BCUT2D eigenvalue weighted by atomic mass is 32.1. The SMILES string of the molecule is c1nsc(N2CCC[C@H]2c2ccc3c(c2)OCO3)n1. The van der Waals surface area contributed by atoms with E-state index in [1.165, 1.54) is 23.5 Å². The molecule has 0 spiro atoms. The maximum Gasteiger partial charge on any atom is 0.231 e. The summed E-state index contributed by atoms with van der Waals surface area (Å²) < 4.78 is 14.9. The second-order valence-corrected chi connectivity index (χ2v) is 5.45. The number of aromatic nitrogens is 2. The fraction of sp³-hybridized carbons (Fsp3) is 0.385. The van der Waals surface area contributed by atoms with Crippen molar-refractivity contribution < 1.29 is 9.47 Å². The van der Waals surface area contributed by atoms with Gasteiger partial charge in [0, 0.05) is 18.1 Å². The minimum absolute atomic E-state index is 0.323. The van der Waals surface area contributed by atoms with E-state index in [1.807, 2.05) is 6.07 Å². The third-order valence-electron chi connectivity index (χ3n) is 3.63. The number of hydrogen-bond acceptors (Lipinski definition) is 6. The van der Waals surface area contributed by atoms with Crippen molar-refractivity contribution in [2.24, 2.45) is 0 Å². The summed E-state index contributed by atoms with van der Waals surface area (Å²) in [6.45, 7) is 1.36. The molecule has 2 aliphatic rings. The third-order valence-corrected chi connectivity index (χ3v) is 4.33. The normalized spacial score (nSPS) is 21.1. The first kappa shape index (κ1) is 11.0. The van der Waals surface area contributed by atoms with Crippen molar-refractivity contribution in [2.75, 3.05) is 18.2 Å². The zero-order chi connectivity index (χ0) is 12.7. The predicted octanol–water partition coefficient (Wildman–Crippen LogP) is 2.61. The van der Waals surface area contributed by atoms with Gasteiger partial charge in [-0.05, 0) is 30.5 Å². The first-order valence-electron chi connectivity index (χ1n) is 6.35. The standard InChI is InChI=1S/C13H13N3O2S/c1-2-10(16(5-1)13-14-7-15-19-13)9-3-4-11-12(6-9)18-8-17-11/h3-4,6-7,10H,1-2,5,8H2/t10-/m0/s1. The summed E-state index contributed by atoms with van der Waals surface area (Å²) in [7, 11) is 0. The number of rotatable bonds is 2. The molecule has 2 aliphatic heterocycles. The Morgan fingerprint density at radius 1 is 1.26 bits per heavy atom. The van der Waals surface area contributed by atoms with Crippen molar-refractivity contribution in [3.63, 3.8) is 0 Å². The lowest BCUT2D eigenvalue weighted by atomic mass is 10.0. The molecule has 19 heavy (non-hydrogen) atoms. The van der Waals surface area contributed by atoms with Crippen molar-refractivity contribution >= 4 is 16.7 Å². The van der Waals surface area contributed by atoms with Crippen LogP contribution in [0.25, 0.3) is 0 Å². The summed E-state index contributed by atoms with van der Waals surface area (Å²) in [5.41, 5.74) is 1.26. The summed E-state index contributed by atoms with van der Waals surface area (Å²) in [5.74, 6) is 1.69. The van der Waals surface area contributed by atoms with Crippen molar-refractivity contribution in [1.82, 2.24) is 9.36 Å². The zero-order valence-corrected chi connectivity index (χ0v) is 11.1. The average molecular weight is 275 g/mol. The van der Waals surface area contributed by atoms with Crippen molar-refractivity contribution in [1.29, 1.82) is 0 Å². The zero-order valence-electron chi connectivity index (χ0n) is 10.3. The van der Waals surface area contributed by atoms with Gasteiger partial charge in [-0.2, -0.15) is 4.37 Å². The number of fused-ring (bicyclic) bond motifs is 1. The Morgan fingerprint density at radius 3 is 3.11 bits per heavy atom. The van der Waals surface area contributed by atoms with Crippen LogP contribution < -0.4 is 14.4 Å². The van der Waals surface area contributed by atoms with E-state index < -0.39 is 0 Å². The smallest absolute Gasteiger partial charge is 0.231 e. The third kappa shape index (κ3) is 1.83. The fourth-order valence-corrected chi connectivity index (χ4v) is 3.36. The first-order valence-corrected chi connectivity index (χ1v) is 7.12. The van der Waals surface area contributed by atoms with Gasteiger partial charge in [0.1, 0.15) is 6.33 Å². The van der Waals surface area contributed by atoms with E-state index >= 15 is 0 Å². The van der Waals surface area contributed by atoms with E-state index in [0.29, 0.717) is 12.8 Å². The van der Waals surface area contributed by atoms with Crippen LogP contribution in [0, 0.1) is 0 Å². The molecule has 1 aromatic carbocycles. The van der Waals surface area contributed by atoms with Gasteiger partial charge >= 0.3 is 0 Å². The molecular weight excluding hydrogens is 262 g/mol. The lowest BCUT2D eigenvalue weighted by Gasteiger charge is -2.24. The molecule has 6 heteroatoms. The van der Waals surface area contributed by atoms with Gasteiger partial charge in [-0.15, -0.1) is 0 Å². The van der Waals surface area contributed by atoms with E-state index in [2.05, 4.69) is 26.4 Å². The molecule has 1 aromatic heterocycles. The second-order valence-electron chi connectivity index (χ2n) is 4.69. The Morgan fingerprint density at radius 2 is 2.21 bits per heavy atom. The highest BCUT2D eigenvalue weighted by molar-refractivity contribution is 7.09. The first-order chi connectivity index (χ1) is 9.42. The molecule has 5 nitrogen and oxygen atoms in total. The molecule has 98 valence electrons. The molecular formula is C13H13N3O2S. The van der Waals surface area contributed by atoms with E-state index in [-0.39, 0.29) is 0 Å². The molecule has 3 heterocycles. The minimum Gasteiger partial charge on any atom is -0.454 e. The van der Waals surface area contributed by atoms with Gasteiger partial charge in [-0.25, -0.2) is 4.98 Å². The Balaban J connectivity index is 1.67. The summed E-state index contributed by atoms with van der Waals surface area (Å²) in [6, 6.07) is 6.57. The molecule has 0 unspecified atom stereocenters. The van der Waals surface area contributed by atoms with Crippen LogP contribution in [0.3, 0.4) is 0 Å². The van der Waals surface area contributed by atoms with Gasteiger partial charge in [0.2, 0.25) is 11.9 Å². The number of anilines is 1. The van der Waals surface area contributed by atoms with Crippen LogP contribution in [0.5, 0.6) is 11.5 Å². The van der Waals surface area contributed by atoms with Gasteiger partial charge < -0.3 is 14.4 Å². The molecule has 2 aromatic rings. The molecule has 1 fully saturated rings. The molecule has 1 saturated heterocycles. The van der Waals surface area contributed by atoms with E-state index in [1.54, 1.807) is 6.33 Å². The number of nitrogens with zero attached hydrogens (tertiary/aromatic N) is 3. The second kappa shape index (κ2) is 4.38. The van der Waals surface area contributed by atoms with Crippen LogP contribution in [0.2, 0.25) is 0 Å². The number of hydrogen-bond donors (Lipinski definition) is 0. The van der Waals surface area contributed by atoms with Crippen molar-refractivity contribution in [3.05, 3.63) is 30.1 Å². The maximum atomic E-state index is 5.46. The molecule has 0 radical (unpaired) electrons. The minimum atomic E-state index is 0.323. The van der Waals surface area contributed by atoms with Gasteiger partial charge in [0.25, 0.3) is 0 Å². The lowest BCUT2D eigenvalue weighted by molar-refractivity contribution is 0.174. The molecule has 0 N–H and O–H groups in total. The van der Waals surface area contributed by atoms with Crippen LogP contribution in [0.4, 0.5) is 5.13 Å².